The van der Waals surface area contributed by atoms with Crippen molar-refractivity contribution < 1.29 is 4.79 Å². The summed E-state index contributed by atoms with van der Waals surface area (Å²) in [6.07, 6.45) is 2.12. The van der Waals surface area contributed by atoms with E-state index in [-0.39, 0.29) is 6.03 Å². The normalized spacial score (nSPS) is 22.0. The number of hydrogen-bond acceptors (Lipinski definition) is 2. The molecule has 2 aromatic rings. The van der Waals surface area contributed by atoms with Crippen molar-refractivity contribution in [3.63, 3.8) is 0 Å². The number of nitrogens with one attached hydrogen (secondary N) is 1. The molecule has 2 atom stereocenters. The molecule has 2 amide bonds. The van der Waals surface area contributed by atoms with Crippen molar-refractivity contribution in [2.75, 3.05) is 19.6 Å². The van der Waals surface area contributed by atoms with Crippen molar-refractivity contribution in [3.8, 4) is 0 Å². The van der Waals surface area contributed by atoms with Crippen LogP contribution in [0, 0.1) is 11.8 Å². The Bertz CT molecular complexity index is 641. The molecule has 0 aliphatic carbocycles. The highest BCUT2D eigenvalue weighted by Gasteiger charge is 2.24. The lowest BCUT2D eigenvalue weighted by Gasteiger charge is -2.34. The average molecular weight is 316 g/mol. The second-order valence-electron chi connectivity index (χ2n) is 6.59. The number of fused-ring (bicyclic) bond motifs is 1. The maximum Gasteiger partial charge on any atom is 0.317 e. The zero-order chi connectivity index (χ0) is 15.5. The number of amides is 2. The van der Waals surface area contributed by atoms with Crippen molar-refractivity contribution in [2.45, 2.75) is 26.7 Å². The summed E-state index contributed by atoms with van der Waals surface area (Å²) in [5.74, 6) is 1.21. The number of hydrogen-bond donors (Lipinski definition) is 1. The third-order valence-electron chi connectivity index (χ3n) is 4.39. The van der Waals surface area contributed by atoms with Crippen LogP contribution in [0.3, 0.4) is 0 Å². The highest BCUT2D eigenvalue weighted by atomic mass is 32.1. The zero-order valence-electron chi connectivity index (χ0n) is 13.3. The van der Waals surface area contributed by atoms with Gasteiger partial charge in [0.1, 0.15) is 0 Å². The standard InChI is InChI=1S/C18H24N2OS/c1-13-9-14(2)11-20(10-13)18(21)19-8-7-15-12-22-17-6-4-3-5-16(15)17/h3-6,12-14H,7-11H2,1-2H3,(H,19,21). The smallest absolute Gasteiger partial charge is 0.317 e. The van der Waals surface area contributed by atoms with E-state index in [1.54, 1.807) is 11.3 Å². The number of carbonyl (C=O) groups is 1. The van der Waals surface area contributed by atoms with Gasteiger partial charge in [-0.3, -0.25) is 0 Å². The van der Waals surface area contributed by atoms with Crippen molar-refractivity contribution in [1.29, 1.82) is 0 Å². The van der Waals surface area contributed by atoms with Gasteiger partial charge >= 0.3 is 6.03 Å². The fourth-order valence-electron chi connectivity index (χ4n) is 3.47. The van der Waals surface area contributed by atoms with Crippen molar-refractivity contribution in [2.24, 2.45) is 11.8 Å². The van der Waals surface area contributed by atoms with Gasteiger partial charge in [-0.2, -0.15) is 0 Å². The van der Waals surface area contributed by atoms with Crippen LogP contribution >= 0.6 is 11.3 Å². The third-order valence-corrected chi connectivity index (χ3v) is 5.40. The van der Waals surface area contributed by atoms with Gasteiger partial charge < -0.3 is 10.2 Å². The van der Waals surface area contributed by atoms with Gasteiger partial charge in [0.25, 0.3) is 0 Å². The third kappa shape index (κ3) is 3.43. The van der Waals surface area contributed by atoms with Gasteiger partial charge in [-0.1, -0.05) is 32.0 Å². The topological polar surface area (TPSA) is 32.3 Å². The molecule has 1 aromatic carbocycles. The number of rotatable bonds is 3. The largest absolute Gasteiger partial charge is 0.338 e. The number of nitrogens with zero attached hydrogens (tertiary/aromatic N) is 1. The van der Waals surface area contributed by atoms with Crippen LogP contribution in [0.1, 0.15) is 25.8 Å². The fourth-order valence-corrected chi connectivity index (χ4v) is 4.47. The van der Waals surface area contributed by atoms with Crippen LogP contribution in [0.15, 0.2) is 29.6 Å². The Hall–Kier alpha value is -1.55. The summed E-state index contributed by atoms with van der Waals surface area (Å²) in [4.78, 5) is 14.3. The predicted molar refractivity (Wildman–Crippen MR) is 93.4 cm³/mol. The summed E-state index contributed by atoms with van der Waals surface area (Å²) < 4.78 is 1.32. The Morgan fingerprint density at radius 1 is 1.27 bits per heavy atom. The summed E-state index contributed by atoms with van der Waals surface area (Å²) in [6.45, 7) is 6.94. The Balaban J connectivity index is 1.53. The SMILES string of the molecule is CC1CC(C)CN(C(=O)NCCc2csc3ccccc23)C1. The van der Waals surface area contributed by atoms with Gasteiger partial charge in [0.15, 0.2) is 0 Å². The van der Waals surface area contributed by atoms with E-state index < -0.39 is 0 Å². The maximum atomic E-state index is 12.3. The molecule has 1 N–H and O–H groups in total. The molecule has 0 bridgehead atoms. The molecule has 1 fully saturated rings. The molecule has 1 saturated heterocycles. The van der Waals surface area contributed by atoms with Gasteiger partial charge in [-0.15, -0.1) is 11.3 Å². The van der Waals surface area contributed by atoms with E-state index in [0.29, 0.717) is 18.4 Å². The summed E-state index contributed by atoms with van der Waals surface area (Å²) in [6, 6.07) is 8.56. The summed E-state index contributed by atoms with van der Waals surface area (Å²) in [5, 5.41) is 6.62. The van der Waals surface area contributed by atoms with Crippen LogP contribution in [0.2, 0.25) is 0 Å². The van der Waals surface area contributed by atoms with E-state index in [4.69, 9.17) is 0 Å². The molecule has 3 nitrogen and oxygen atoms in total. The van der Waals surface area contributed by atoms with Crippen molar-refractivity contribution >= 4 is 27.5 Å². The van der Waals surface area contributed by atoms with Crippen molar-refractivity contribution in [3.05, 3.63) is 35.2 Å². The molecule has 22 heavy (non-hydrogen) atoms. The molecular weight excluding hydrogens is 292 g/mol. The lowest BCUT2D eigenvalue weighted by atomic mass is 9.92. The van der Waals surface area contributed by atoms with Gasteiger partial charge in [0.2, 0.25) is 0 Å². The second kappa shape index (κ2) is 6.69. The Morgan fingerprint density at radius 3 is 2.77 bits per heavy atom. The van der Waals surface area contributed by atoms with Crippen LogP contribution in [0.5, 0.6) is 0 Å². The summed E-state index contributed by atoms with van der Waals surface area (Å²) in [7, 11) is 0. The molecule has 3 rings (SSSR count). The predicted octanol–water partition coefficient (Wildman–Crippen LogP) is 4.13. The molecule has 0 radical (unpaired) electrons. The number of urea groups is 1. The first-order chi connectivity index (χ1) is 10.6. The number of piperidine rings is 1. The number of carbonyl (C=O) groups excluding carboxylic acids is 1. The van der Waals surface area contributed by atoms with E-state index >= 15 is 0 Å². The monoisotopic (exact) mass is 316 g/mol. The van der Waals surface area contributed by atoms with E-state index in [9.17, 15) is 4.79 Å². The highest BCUT2D eigenvalue weighted by molar-refractivity contribution is 7.17. The molecule has 4 heteroatoms. The lowest BCUT2D eigenvalue weighted by Crippen LogP contribution is -2.47. The first kappa shape index (κ1) is 15.3. The van der Waals surface area contributed by atoms with Gasteiger partial charge in [-0.25, -0.2) is 4.79 Å². The van der Waals surface area contributed by atoms with Crippen molar-refractivity contribution in [1.82, 2.24) is 10.2 Å². The minimum Gasteiger partial charge on any atom is -0.338 e. The molecule has 2 heterocycles. The maximum absolute atomic E-state index is 12.3. The number of thiophene rings is 1. The number of likely N-dealkylation sites (tertiary alicyclic amines) is 1. The van der Waals surface area contributed by atoms with Gasteiger partial charge in [0, 0.05) is 24.3 Å². The van der Waals surface area contributed by atoms with Crippen LogP contribution in [-0.4, -0.2) is 30.6 Å². The van der Waals surface area contributed by atoms with Crippen LogP contribution < -0.4 is 5.32 Å². The van der Waals surface area contributed by atoms with Crippen LogP contribution in [0.25, 0.3) is 10.1 Å². The van der Waals surface area contributed by atoms with E-state index in [2.05, 4.69) is 48.8 Å². The first-order valence-corrected chi connectivity index (χ1v) is 8.99. The Morgan fingerprint density at radius 2 is 2.00 bits per heavy atom. The highest BCUT2D eigenvalue weighted by Crippen LogP contribution is 2.25. The van der Waals surface area contributed by atoms with Crippen LogP contribution in [0.4, 0.5) is 4.79 Å². The minimum atomic E-state index is 0.0953. The average Bonchev–Trinajstić information content (AvgIpc) is 2.90. The quantitative estimate of drug-likeness (QED) is 0.907. The zero-order valence-corrected chi connectivity index (χ0v) is 14.2. The van der Waals surface area contributed by atoms with Gasteiger partial charge in [0.05, 0.1) is 0 Å². The Labute approximate surface area is 136 Å². The lowest BCUT2D eigenvalue weighted by molar-refractivity contribution is 0.146. The molecule has 118 valence electrons. The molecule has 0 saturated carbocycles. The van der Waals surface area contributed by atoms with Crippen LogP contribution in [-0.2, 0) is 6.42 Å². The molecule has 0 spiro atoms. The molecule has 2 unspecified atom stereocenters. The molecule has 1 aliphatic rings. The molecule has 1 aliphatic heterocycles. The van der Waals surface area contributed by atoms with E-state index in [0.717, 1.165) is 19.5 Å². The molecule has 1 aromatic heterocycles. The summed E-state index contributed by atoms with van der Waals surface area (Å²) >= 11 is 1.78. The molecular formula is C18H24N2OS. The first-order valence-electron chi connectivity index (χ1n) is 8.11. The Kier molecular flexibility index (Phi) is 4.67. The van der Waals surface area contributed by atoms with E-state index in [1.165, 1.54) is 22.1 Å². The second-order valence-corrected chi connectivity index (χ2v) is 7.50. The summed E-state index contributed by atoms with van der Waals surface area (Å²) in [5.41, 5.74) is 1.33. The van der Waals surface area contributed by atoms with Gasteiger partial charge in [-0.05, 0) is 47.1 Å². The van der Waals surface area contributed by atoms with E-state index in [1.807, 2.05) is 4.90 Å². The number of benzene rings is 1. The minimum absolute atomic E-state index is 0.0953. The fraction of sp³-hybridized carbons (Fsp3) is 0.500.